The van der Waals surface area contributed by atoms with Gasteiger partial charge in [-0.1, -0.05) is 18.2 Å². The van der Waals surface area contributed by atoms with Gasteiger partial charge in [-0.3, -0.25) is 13.9 Å². The van der Waals surface area contributed by atoms with Gasteiger partial charge in [0.2, 0.25) is 0 Å². The van der Waals surface area contributed by atoms with E-state index in [9.17, 15) is 14.5 Å². The molecule has 39 heavy (non-hydrogen) atoms. The predicted molar refractivity (Wildman–Crippen MR) is 140 cm³/mol. The van der Waals surface area contributed by atoms with E-state index in [1.54, 1.807) is 48.7 Å². The summed E-state index contributed by atoms with van der Waals surface area (Å²) in [5, 5.41) is 13.1. The number of fused-ring (bicyclic) bond motifs is 1. The highest BCUT2D eigenvalue weighted by Gasteiger charge is 2.39. The summed E-state index contributed by atoms with van der Waals surface area (Å²) in [4.78, 5) is 24.7. The molecule has 1 saturated heterocycles. The van der Waals surface area contributed by atoms with Crippen molar-refractivity contribution in [2.45, 2.75) is 57.8 Å². The van der Waals surface area contributed by atoms with Crippen molar-refractivity contribution >= 4 is 30.7 Å². The Labute approximate surface area is 225 Å². The van der Waals surface area contributed by atoms with E-state index in [4.69, 9.17) is 29.0 Å². The Morgan fingerprint density at radius 3 is 2.74 bits per heavy atom. The maximum atomic E-state index is 13.5. The number of carbonyl (C=O) groups is 1. The predicted octanol–water partition coefficient (Wildman–Crippen LogP) is 2.21. The Bertz CT molecular complexity index is 1290. The number of hydrogen-bond donors (Lipinski definition) is 3. The van der Waals surface area contributed by atoms with Crippen LogP contribution in [0, 0.1) is 0 Å². The van der Waals surface area contributed by atoms with Crippen LogP contribution in [0.4, 0.5) is 5.82 Å². The molecule has 15 heteroatoms. The zero-order valence-corrected chi connectivity index (χ0v) is 22.8. The minimum Gasteiger partial charge on any atom is -0.462 e. The van der Waals surface area contributed by atoms with Crippen molar-refractivity contribution in [3.63, 3.8) is 0 Å². The second-order valence-corrected chi connectivity index (χ2v) is 10.8. The van der Waals surface area contributed by atoms with Crippen LogP contribution in [-0.4, -0.2) is 74.8 Å². The molecule has 4 rings (SSSR count). The van der Waals surface area contributed by atoms with Crippen LogP contribution < -0.4 is 15.3 Å². The molecule has 0 spiro atoms. The van der Waals surface area contributed by atoms with Gasteiger partial charge in [-0.2, -0.15) is 5.09 Å². The number of aliphatic hydroxyl groups is 1. The maximum absolute atomic E-state index is 13.5. The Hall–Kier alpha value is -3.13. The van der Waals surface area contributed by atoms with Crippen molar-refractivity contribution in [3.8, 4) is 5.75 Å². The Kier molecular flexibility index (Phi) is 9.49. The Morgan fingerprint density at radius 2 is 2.00 bits per heavy atom. The second kappa shape index (κ2) is 12.8. The van der Waals surface area contributed by atoms with Crippen LogP contribution in [0.15, 0.2) is 43.0 Å². The average molecular weight is 565 g/mol. The van der Waals surface area contributed by atoms with E-state index in [0.717, 1.165) is 0 Å². The maximum Gasteiger partial charge on any atom is 0.459 e. The summed E-state index contributed by atoms with van der Waals surface area (Å²) in [6.45, 7) is 5.11. The lowest BCUT2D eigenvalue weighted by Crippen LogP contribution is -2.36. The van der Waals surface area contributed by atoms with Gasteiger partial charge >= 0.3 is 13.7 Å². The molecule has 1 unspecified atom stereocenters. The molecule has 2 aromatic heterocycles. The van der Waals surface area contributed by atoms with Crippen LogP contribution in [0.3, 0.4) is 0 Å². The number of hydrogen-bond acceptors (Lipinski definition) is 12. The first-order chi connectivity index (χ1) is 18.7. The van der Waals surface area contributed by atoms with Crippen molar-refractivity contribution in [1.82, 2.24) is 24.6 Å². The number of aliphatic hydroxyl groups excluding tert-OH is 1. The molecule has 5 atom stereocenters. The topological polar surface area (TPSA) is 182 Å². The molecule has 3 heterocycles. The first kappa shape index (κ1) is 28.9. The summed E-state index contributed by atoms with van der Waals surface area (Å²) in [7, 11) is -3.97. The highest BCUT2D eigenvalue weighted by molar-refractivity contribution is 7.52. The number of benzene rings is 1. The van der Waals surface area contributed by atoms with Gasteiger partial charge in [0.15, 0.2) is 17.7 Å². The third-order valence-electron chi connectivity index (χ3n) is 5.65. The third kappa shape index (κ3) is 7.29. The number of esters is 1. The van der Waals surface area contributed by atoms with E-state index in [0.29, 0.717) is 23.3 Å². The number of nitrogens with one attached hydrogen (secondary N) is 1. The fourth-order valence-electron chi connectivity index (χ4n) is 3.86. The molecular formula is C24H33N6O8P. The first-order valence-corrected chi connectivity index (χ1v) is 14.0. The van der Waals surface area contributed by atoms with Gasteiger partial charge in [0, 0.05) is 6.61 Å². The van der Waals surface area contributed by atoms with Crippen LogP contribution in [-0.2, 0) is 28.1 Å². The van der Waals surface area contributed by atoms with Gasteiger partial charge in [-0.15, -0.1) is 0 Å². The second-order valence-electron chi connectivity index (χ2n) is 9.13. The molecule has 1 aliphatic rings. The van der Waals surface area contributed by atoms with Gasteiger partial charge < -0.3 is 29.6 Å². The highest BCUT2D eigenvalue weighted by atomic mass is 31.2. The van der Waals surface area contributed by atoms with E-state index >= 15 is 0 Å². The number of para-hydroxylation sites is 1. The molecule has 3 aromatic rings. The molecule has 0 bridgehead atoms. The average Bonchev–Trinajstić information content (AvgIpc) is 3.48. The van der Waals surface area contributed by atoms with Crippen LogP contribution in [0.1, 0.15) is 33.4 Å². The van der Waals surface area contributed by atoms with Crippen LogP contribution in [0.2, 0.25) is 0 Å². The molecule has 14 nitrogen and oxygen atoms in total. The monoisotopic (exact) mass is 564 g/mol. The summed E-state index contributed by atoms with van der Waals surface area (Å²) in [5.41, 5.74) is 6.74. The standard InChI is InChI=1S/C24H33N6O8P/c1-15(2)37-24(32)16(3)29-39(33,38-17-8-5-4-6-9-17)36-11-7-10-34-20-18(31)12-35-23(20)30-14-28-19-21(25)26-13-27-22(19)30/h4-6,8-9,13-16,18,20,23,31H,7,10-12H2,1-3H3,(H,29,33)(H2,25,26,27)/t16-,18-,20-,23?,39+/m1/s1. The molecule has 0 aliphatic carbocycles. The SMILES string of the molecule is CC(C)OC(=O)[C@@H](C)N[P@](=O)(OCCCO[C@H]1C(n2cnc3c(N)ncnc32)OC[C@H]1O)Oc1ccccc1. The summed E-state index contributed by atoms with van der Waals surface area (Å²) in [6, 6.07) is 7.52. The lowest BCUT2D eigenvalue weighted by Gasteiger charge is -2.24. The lowest BCUT2D eigenvalue weighted by molar-refractivity contribution is -0.149. The number of carbonyl (C=O) groups excluding carboxylic acids is 1. The molecular weight excluding hydrogens is 531 g/mol. The number of nitrogen functional groups attached to an aromatic ring is 1. The van der Waals surface area contributed by atoms with Gasteiger partial charge in [-0.25, -0.2) is 19.5 Å². The van der Waals surface area contributed by atoms with Crippen molar-refractivity contribution in [1.29, 1.82) is 0 Å². The minimum atomic E-state index is -3.97. The minimum absolute atomic E-state index is 0.0326. The van der Waals surface area contributed by atoms with Gasteiger partial charge in [0.1, 0.15) is 35.8 Å². The quantitative estimate of drug-likeness (QED) is 0.156. The molecule has 4 N–H and O–H groups in total. The zero-order chi connectivity index (χ0) is 28.0. The first-order valence-electron chi connectivity index (χ1n) is 12.5. The molecule has 0 radical (unpaired) electrons. The van der Waals surface area contributed by atoms with Crippen molar-refractivity contribution in [3.05, 3.63) is 43.0 Å². The number of anilines is 1. The summed E-state index contributed by atoms with van der Waals surface area (Å²) < 4.78 is 43.2. The van der Waals surface area contributed by atoms with E-state index in [2.05, 4.69) is 20.0 Å². The number of aromatic nitrogens is 4. The van der Waals surface area contributed by atoms with E-state index in [-0.39, 0.29) is 31.7 Å². The zero-order valence-electron chi connectivity index (χ0n) is 21.9. The summed E-state index contributed by atoms with van der Waals surface area (Å²) in [6.07, 6.45) is 0.475. The molecule has 1 fully saturated rings. The molecule has 0 amide bonds. The molecule has 1 aliphatic heterocycles. The van der Waals surface area contributed by atoms with E-state index in [1.165, 1.54) is 19.6 Å². The van der Waals surface area contributed by atoms with Crippen molar-refractivity contribution < 1.29 is 37.7 Å². The van der Waals surface area contributed by atoms with Gasteiger partial charge in [0.05, 0.1) is 25.6 Å². The molecule has 0 saturated carbocycles. The highest BCUT2D eigenvalue weighted by Crippen LogP contribution is 2.45. The van der Waals surface area contributed by atoms with Gasteiger partial charge in [0.25, 0.3) is 0 Å². The normalized spacial score (nSPS) is 21.6. The van der Waals surface area contributed by atoms with Crippen LogP contribution >= 0.6 is 7.75 Å². The van der Waals surface area contributed by atoms with Crippen molar-refractivity contribution in [2.24, 2.45) is 0 Å². The van der Waals surface area contributed by atoms with Crippen molar-refractivity contribution in [2.75, 3.05) is 25.6 Å². The van der Waals surface area contributed by atoms with E-state index in [1.807, 2.05) is 0 Å². The Morgan fingerprint density at radius 1 is 1.23 bits per heavy atom. The fraction of sp³-hybridized carbons (Fsp3) is 0.500. The molecule has 1 aromatic carbocycles. The largest absolute Gasteiger partial charge is 0.462 e. The van der Waals surface area contributed by atoms with Crippen LogP contribution in [0.5, 0.6) is 5.75 Å². The third-order valence-corrected chi connectivity index (χ3v) is 7.32. The van der Waals surface area contributed by atoms with Gasteiger partial charge in [-0.05, 0) is 39.3 Å². The molecule has 212 valence electrons. The number of rotatable bonds is 13. The number of ether oxygens (including phenoxy) is 3. The fourth-order valence-corrected chi connectivity index (χ4v) is 5.39. The summed E-state index contributed by atoms with van der Waals surface area (Å²) >= 11 is 0. The summed E-state index contributed by atoms with van der Waals surface area (Å²) in [5.74, 6) is -0.0521. The smallest absolute Gasteiger partial charge is 0.459 e. The lowest BCUT2D eigenvalue weighted by atomic mass is 10.2. The number of nitrogens with zero attached hydrogens (tertiary/aromatic N) is 4. The Balaban J connectivity index is 1.35. The number of nitrogens with two attached hydrogens (primary N) is 1. The van der Waals surface area contributed by atoms with Crippen LogP contribution in [0.25, 0.3) is 11.2 Å². The number of imidazole rings is 1. The van der Waals surface area contributed by atoms with E-state index < -0.39 is 38.2 Å².